The molecule has 1 aromatic rings. The number of nitrogens with one attached hydrogen (secondary N) is 1. The standard InChI is InChI=1S/C38H64N4O6/c1-11-25(5)35(41(8)38(46)34(39)24(3)4)32(47-9)23-33(44)42-20-16-19-30(42)36(48-10)27(7)31(43)22-29(37(45)40-26(6)12-2)21-28-17-14-13-15-18-28/h13-15,17-18,24-27,29-30,32,34-36H,11-12,16,19-23,39H2,1-10H3,(H,40,45)/t25-,26-,27-,29+,30-,32+,34-,35-,36+/m0/s1. The summed E-state index contributed by atoms with van der Waals surface area (Å²) in [5.74, 6) is -1.45. The van der Waals surface area contributed by atoms with Gasteiger partial charge in [-0.2, -0.15) is 0 Å². The van der Waals surface area contributed by atoms with Crippen molar-refractivity contribution in [2.24, 2.45) is 29.4 Å². The first kappa shape index (κ1) is 41.4. The Balaban J connectivity index is 2.25. The quantitative estimate of drug-likeness (QED) is 0.207. The Morgan fingerprint density at radius 3 is 2.17 bits per heavy atom. The molecule has 3 N–H and O–H groups in total. The number of hydrogen-bond acceptors (Lipinski definition) is 7. The van der Waals surface area contributed by atoms with E-state index in [4.69, 9.17) is 15.2 Å². The summed E-state index contributed by atoms with van der Waals surface area (Å²) in [5, 5.41) is 3.07. The molecule has 0 aromatic heterocycles. The SMILES string of the molecule is CC[C@H](C)NC(=O)[C@@H](CC(=O)[C@H](C)[C@@H](OC)[C@@H]1CCCN1C(=O)C[C@@H](OC)[C@H]([C@@H](C)CC)N(C)C(=O)[C@@H](N)C(C)C)Cc1ccccc1. The number of carbonyl (C=O) groups excluding carboxylic acids is 4. The molecule has 3 amide bonds. The molecule has 1 fully saturated rings. The minimum Gasteiger partial charge on any atom is -0.379 e. The lowest BCUT2D eigenvalue weighted by atomic mass is 9.85. The summed E-state index contributed by atoms with van der Waals surface area (Å²) in [7, 11) is 4.92. The molecule has 1 saturated heterocycles. The van der Waals surface area contributed by atoms with Crippen molar-refractivity contribution in [1.29, 1.82) is 0 Å². The highest BCUT2D eigenvalue weighted by Gasteiger charge is 2.42. The number of hydrogen-bond donors (Lipinski definition) is 2. The van der Waals surface area contributed by atoms with Gasteiger partial charge >= 0.3 is 0 Å². The average molecular weight is 673 g/mol. The highest BCUT2D eigenvalue weighted by Crippen LogP contribution is 2.30. The van der Waals surface area contributed by atoms with Crippen LogP contribution < -0.4 is 11.1 Å². The van der Waals surface area contributed by atoms with E-state index in [0.29, 0.717) is 19.4 Å². The van der Waals surface area contributed by atoms with E-state index < -0.39 is 30.1 Å². The van der Waals surface area contributed by atoms with Gasteiger partial charge in [-0.1, -0.05) is 78.3 Å². The number of ketones is 1. The molecular formula is C38H64N4O6. The number of rotatable bonds is 20. The predicted octanol–water partition coefficient (Wildman–Crippen LogP) is 4.62. The fourth-order valence-corrected chi connectivity index (χ4v) is 6.91. The maximum absolute atomic E-state index is 14.0. The molecule has 0 spiro atoms. The molecule has 1 aliphatic rings. The van der Waals surface area contributed by atoms with Gasteiger partial charge in [0.1, 0.15) is 5.78 Å². The predicted molar refractivity (Wildman–Crippen MR) is 190 cm³/mol. The molecule has 0 radical (unpaired) electrons. The van der Waals surface area contributed by atoms with E-state index in [-0.39, 0.29) is 66.3 Å². The van der Waals surface area contributed by atoms with Crippen molar-refractivity contribution in [2.75, 3.05) is 27.8 Å². The van der Waals surface area contributed by atoms with Crippen molar-refractivity contribution in [1.82, 2.24) is 15.1 Å². The Bertz CT molecular complexity index is 1160. The summed E-state index contributed by atoms with van der Waals surface area (Å²) in [6.45, 7) is 14.3. The second-order valence-corrected chi connectivity index (χ2v) is 14.2. The third-order valence-electron chi connectivity index (χ3n) is 10.5. The largest absolute Gasteiger partial charge is 0.379 e. The van der Waals surface area contributed by atoms with Crippen LogP contribution in [0.2, 0.25) is 0 Å². The lowest BCUT2D eigenvalue weighted by molar-refractivity contribution is -0.146. The van der Waals surface area contributed by atoms with E-state index in [1.807, 2.05) is 69.9 Å². The van der Waals surface area contributed by atoms with Crippen LogP contribution in [-0.2, 0) is 35.1 Å². The van der Waals surface area contributed by atoms with Crippen molar-refractivity contribution in [3.63, 3.8) is 0 Å². The molecule has 1 heterocycles. The summed E-state index contributed by atoms with van der Waals surface area (Å²) in [4.78, 5) is 58.0. The van der Waals surface area contributed by atoms with Crippen LogP contribution in [0.1, 0.15) is 92.6 Å². The van der Waals surface area contributed by atoms with Gasteiger partial charge in [0, 0.05) is 52.1 Å². The van der Waals surface area contributed by atoms with Crippen LogP contribution in [0.4, 0.5) is 0 Å². The summed E-state index contributed by atoms with van der Waals surface area (Å²) in [5.41, 5.74) is 7.24. The number of likely N-dealkylation sites (N-methyl/N-ethyl adjacent to an activating group) is 1. The fourth-order valence-electron chi connectivity index (χ4n) is 6.91. The summed E-state index contributed by atoms with van der Waals surface area (Å²) in [6, 6.07) is 8.48. The summed E-state index contributed by atoms with van der Waals surface area (Å²) in [6.07, 6.45) is 2.66. The highest BCUT2D eigenvalue weighted by molar-refractivity contribution is 5.88. The molecule has 48 heavy (non-hydrogen) atoms. The normalized spacial score (nSPS) is 19.9. The smallest absolute Gasteiger partial charge is 0.239 e. The van der Waals surface area contributed by atoms with Gasteiger partial charge in [-0.3, -0.25) is 19.2 Å². The van der Waals surface area contributed by atoms with Gasteiger partial charge in [-0.25, -0.2) is 0 Å². The second kappa shape index (κ2) is 20.0. The highest BCUT2D eigenvalue weighted by atomic mass is 16.5. The number of benzene rings is 1. The maximum atomic E-state index is 14.0. The van der Waals surface area contributed by atoms with Crippen LogP contribution in [0, 0.1) is 23.7 Å². The van der Waals surface area contributed by atoms with Crippen molar-refractivity contribution in [3.05, 3.63) is 35.9 Å². The third-order valence-corrected chi connectivity index (χ3v) is 10.5. The van der Waals surface area contributed by atoms with E-state index in [0.717, 1.165) is 24.8 Å². The number of carbonyl (C=O) groups is 4. The Kier molecular flexibility index (Phi) is 17.2. The molecule has 10 nitrogen and oxygen atoms in total. The van der Waals surface area contributed by atoms with Crippen LogP contribution in [0.3, 0.4) is 0 Å². The van der Waals surface area contributed by atoms with Crippen LogP contribution >= 0.6 is 0 Å². The third kappa shape index (κ3) is 11.1. The van der Waals surface area contributed by atoms with Gasteiger partial charge < -0.3 is 30.3 Å². The molecule has 272 valence electrons. The zero-order valence-electron chi connectivity index (χ0n) is 31.2. The molecule has 1 aromatic carbocycles. The van der Waals surface area contributed by atoms with E-state index >= 15 is 0 Å². The van der Waals surface area contributed by atoms with Crippen LogP contribution in [-0.4, -0.2) is 97.5 Å². The van der Waals surface area contributed by atoms with Gasteiger partial charge in [-0.15, -0.1) is 0 Å². The average Bonchev–Trinajstić information content (AvgIpc) is 3.56. The van der Waals surface area contributed by atoms with Gasteiger partial charge in [0.05, 0.1) is 36.8 Å². The van der Waals surface area contributed by atoms with E-state index in [1.54, 1.807) is 26.2 Å². The van der Waals surface area contributed by atoms with E-state index in [2.05, 4.69) is 19.2 Å². The topological polar surface area (TPSA) is 131 Å². The molecule has 1 aliphatic heterocycles. The Labute approximate surface area is 289 Å². The molecule has 0 aliphatic carbocycles. The molecular weight excluding hydrogens is 608 g/mol. The zero-order chi connectivity index (χ0) is 36.1. The Morgan fingerprint density at radius 1 is 0.979 bits per heavy atom. The zero-order valence-corrected chi connectivity index (χ0v) is 31.2. The number of ether oxygens (including phenoxy) is 2. The number of methoxy groups -OCH3 is 2. The number of amides is 3. The number of likely N-dealkylation sites (tertiary alicyclic amines) is 1. The van der Waals surface area contributed by atoms with E-state index in [9.17, 15) is 19.2 Å². The molecule has 9 atom stereocenters. The number of Topliss-reactive ketones (excluding diaryl/α,β-unsaturated/α-hetero) is 1. The first-order valence-electron chi connectivity index (χ1n) is 18.0. The Hall–Kier alpha value is -2.82. The van der Waals surface area contributed by atoms with Crippen molar-refractivity contribution < 1.29 is 28.7 Å². The maximum Gasteiger partial charge on any atom is 0.239 e. The van der Waals surface area contributed by atoms with Crippen molar-refractivity contribution in [3.8, 4) is 0 Å². The van der Waals surface area contributed by atoms with Gasteiger partial charge in [0.25, 0.3) is 0 Å². The van der Waals surface area contributed by atoms with Gasteiger partial charge in [0.2, 0.25) is 17.7 Å². The van der Waals surface area contributed by atoms with E-state index in [1.165, 1.54) is 0 Å². The van der Waals surface area contributed by atoms with Crippen LogP contribution in [0.5, 0.6) is 0 Å². The molecule has 2 rings (SSSR count). The molecule has 10 heteroatoms. The molecule has 0 saturated carbocycles. The van der Waals surface area contributed by atoms with Gasteiger partial charge in [0.15, 0.2) is 0 Å². The van der Waals surface area contributed by atoms with Gasteiger partial charge in [-0.05, 0) is 50.0 Å². The van der Waals surface area contributed by atoms with Crippen molar-refractivity contribution >= 4 is 23.5 Å². The lowest BCUT2D eigenvalue weighted by Crippen LogP contribution is -2.56. The number of nitrogens with zero attached hydrogens (tertiary/aromatic N) is 2. The van der Waals surface area contributed by atoms with Crippen LogP contribution in [0.25, 0.3) is 0 Å². The molecule has 0 bridgehead atoms. The monoisotopic (exact) mass is 672 g/mol. The summed E-state index contributed by atoms with van der Waals surface area (Å²) >= 11 is 0. The summed E-state index contributed by atoms with van der Waals surface area (Å²) < 4.78 is 11.9. The van der Waals surface area contributed by atoms with Crippen molar-refractivity contribution in [2.45, 2.75) is 130 Å². The fraction of sp³-hybridized carbons (Fsp3) is 0.737. The first-order chi connectivity index (χ1) is 22.7. The minimum atomic E-state index is -0.646. The first-order valence-corrected chi connectivity index (χ1v) is 18.0. The molecule has 0 unspecified atom stereocenters. The number of nitrogens with two attached hydrogens (primary N) is 1. The van der Waals surface area contributed by atoms with Crippen LogP contribution in [0.15, 0.2) is 30.3 Å². The Morgan fingerprint density at radius 2 is 1.62 bits per heavy atom. The lowest BCUT2D eigenvalue weighted by Gasteiger charge is -2.40. The minimum absolute atomic E-state index is 0.00812. The second-order valence-electron chi connectivity index (χ2n) is 14.2.